The standard InChI is InChI=1S/C12H10F2N2O2/c1-16-5-8(7-3-2-4-15-9(7)16)11(10(17)18)6-12(11,13)14/h2-5H,6H2,1H3,(H,17,18). The molecule has 0 aromatic carbocycles. The summed E-state index contributed by atoms with van der Waals surface area (Å²) in [5, 5.41) is 9.62. The van der Waals surface area contributed by atoms with Crippen molar-refractivity contribution in [3.05, 3.63) is 30.1 Å². The first-order valence-corrected chi connectivity index (χ1v) is 5.42. The molecular weight excluding hydrogens is 242 g/mol. The van der Waals surface area contributed by atoms with Crippen LogP contribution in [-0.4, -0.2) is 26.5 Å². The highest BCUT2D eigenvalue weighted by molar-refractivity contribution is 5.95. The third-order valence-electron chi connectivity index (χ3n) is 3.55. The highest BCUT2D eigenvalue weighted by atomic mass is 19.3. The third-order valence-corrected chi connectivity index (χ3v) is 3.55. The Bertz CT molecular complexity index is 665. The Morgan fingerprint density at radius 2 is 2.22 bits per heavy atom. The maximum absolute atomic E-state index is 13.5. The number of fused-ring (bicyclic) bond motifs is 1. The van der Waals surface area contributed by atoms with E-state index in [0.29, 0.717) is 11.0 Å². The second kappa shape index (κ2) is 3.07. The number of hydrogen-bond acceptors (Lipinski definition) is 2. The lowest BCUT2D eigenvalue weighted by Crippen LogP contribution is -2.26. The van der Waals surface area contributed by atoms with E-state index < -0.39 is 23.7 Å². The fourth-order valence-corrected chi connectivity index (χ4v) is 2.48. The Balaban J connectivity index is 2.31. The molecule has 1 N–H and O–H groups in total. The number of aryl methyl sites for hydroxylation is 1. The molecule has 4 nitrogen and oxygen atoms in total. The summed E-state index contributed by atoms with van der Waals surface area (Å²) < 4.78 is 28.6. The van der Waals surface area contributed by atoms with Gasteiger partial charge in [0.25, 0.3) is 5.92 Å². The maximum Gasteiger partial charge on any atom is 0.320 e. The van der Waals surface area contributed by atoms with Crippen LogP contribution in [0.4, 0.5) is 8.78 Å². The van der Waals surface area contributed by atoms with Gasteiger partial charge in [0.2, 0.25) is 0 Å². The van der Waals surface area contributed by atoms with E-state index in [0.717, 1.165) is 0 Å². The van der Waals surface area contributed by atoms with Crippen LogP contribution in [0.3, 0.4) is 0 Å². The Hall–Kier alpha value is -1.98. The highest BCUT2D eigenvalue weighted by Crippen LogP contribution is 2.62. The summed E-state index contributed by atoms with van der Waals surface area (Å²) in [5.41, 5.74) is -1.43. The fraction of sp³-hybridized carbons (Fsp3) is 0.333. The van der Waals surface area contributed by atoms with Gasteiger partial charge in [-0.3, -0.25) is 4.79 Å². The highest BCUT2D eigenvalue weighted by Gasteiger charge is 2.78. The average molecular weight is 252 g/mol. The molecule has 1 aliphatic rings. The number of carboxylic acids is 1. The summed E-state index contributed by atoms with van der Waals surface area (Å²) in [6, 6.07) is 3.23. The van der Waals surface area contributed by atoms with Gasteiger partial charge in [-0.1, -0.05) is 0 Å². The van der Waals surface area contributed by atoms with E-state index in [1.54, 1.807) is 29.9 Å². The zero-order chi connectivity index (χ0) is 13.1. The van der Waals surface area contributed by atoms with E-state index in [2.05, 4.69) is 4.98 Å². The summed E-state index contributed by atoms with van der Waals surface area (Å²) in [4.78, 5) is 15.3. The van der Waals surface area contributed by atoms with Crippen LogP contribution in [0.5, 0.6) is 0 Å². The zero-order valence-corrected chi connectivity index (χ0v) is 9.52. The predicted octanol–water partition coefficient (Wildman–Crippen LogP) is 1.93. The van der Waals surface area contributed by atoms with Crippen molar-refractivity contribution in [2.24, 2.45) is 7.05 Å². The number of hydrogen-bond donors (Lipinski definition) is 1. The molecule has 0 bridgehead atoms. The van der Waals surface area contributed by atoms with E-state index >= 15 is 0 Å². The van der Waals surface area contributed by atoms with Crippen LogP contribution in [0, 0.1) is 0 Å². The number of pyridine rings is 1. The molecule has 6 heteroatoms. The summed E-state index contributed by atoms with van der Waals surface area (Å²) >= 11 is 0. The van der Waals surface area contributed by atoms with Gasteiger partial charge in [0.05, 0.1) is 0 Å². The summed E-state index contributed by atoms with van der Waals surface area (Å²) in [6.45, 7) is 0. The van der Waals surface area contributed by atoms with Crippen molar-refractivity contribution in [2.45, 2.75) is 17.8 Å². The average Bonchev–Trinajstić information content (AvgIpc) is 2.74. The normalized spacial score (nSPS) is 25.3. The van der Waals surface area contributed by atoms with Gasteiger partial charge < -0.3 is 9.67 Å². The zero-order valence-electron chi connectivity index (χ0n) is 9.52. The number of alkyl halides is 2. The monoisotopic (exact) mass is 252 g/mol. The molecule has 1 aliphatic carbocycles. The second-order valence-electron chi connectivity index (χ2n) is 4.62. The molecule has 0 radical (unpaired) electrons. The molecule has 0 saturated heterocycles. The number of rotatable bonds is 2. The van der Waals surface area contributed by atoms with Crippen LogP contribution in [0.1, 0.15) is 12.0 Å². The Labute approximate surface area is 101 Å². The number of carboxylic acid groups (broad SMARTS) is 1. The number of aliphatic carboxylic acids is 1. The third kappa shape index (κ3) is 1.12. The minimum Gasteiger partial charge on any atom is -0.480 e. The van der Waals surface area contributed by atoms with Gasteiger partial charge in [0.15, 0.2) is 5.41 Å². The summed E-state index contributed by atoms with van der Waals surface area (Å²) in [5.74, 6) is -4.67. The van der Waals surface area contributed by atoms with E-state index in [9.17, 15) is 13.6 Å². The van der Waals surface area contributed by atoms with Crippen LogP contribution in [-0.2, 0) is 17.3 Å². The molecule has 1 fully saturated rings. The van der Waals surface area contributed by atoms with E-state index in [4.69, 9.17) is 5.11 Å². The molecule has 18 heavy (non-hydrogen) atoms. The van der Waals surface area contributed by atoms with Crippen LogP contribution in [0.15, 0.2) is 24.5 Å². The number of carbonyl (C=O) groups is 1. The van der Waals surface area contributed by atoms with Gasteiger partial charge in [-0.05, 0) is 12.1 Å². The predicted molar refractivity (Wildman–Crippen MR) is 59.6 cm³/mol. The molecule has 0 aliphatic heterocycles. The fourth-order valence-electron chi connectivity index (χ4n) is 2.48. The summed E-state index contributed by atoms with van der Waals surface area (Å²) in [6.07, 6.45) is 2.33. The van der Waals surface area contributed by atoms with Crippen LogP contribution in [0.25, 0.3) is 11.0 Å². The number of halogens is 2. The van der Waals surface area contributed by atoms with E-state index in [-0.39, 0.29) is 5.56 Å². The van der Waals surface area contributed by atoms with Gasteiger partial charge in [-0.2, -0.15) is 0 Å². The Kier molecular flexibility index (Phi) is 1.90. The van der Waals surface area contributed by atoms with Crippen molar-refractivity contribution in [3.8, 4) is 0 Å². The molecule has 2 heterocycles. The molecule has 2 aromatic heterocycles. The number of nitrogens with zero attached hydrogens (tertiary/aromatic N) is 2. The largest absolute Gasteiger partial charge is 0.480 e. The minimum atomic E-state index is -3.19. The van der Waals surface area contributed by atoms with Crippen molar-refractivity contribution < 1.29 is 18.7 Å². The van der Waals surface area contributed by atoms with Crippen molar-refractivity contribution >= 4 is 17.0 Å². The Morgan fingerprint density at radius 3 is 2.78 bits per heavy atom. The minimum absolute atomic E-state index is 0.144. The topological polar surface area (TPSA) is 55.1 Å². The SMILES string of the molecule is Cn1cc(C2(C(=O)O)CC2(F)F)c2cccnc21. The molecule has 1 saturated carbocycles. The van der Waals surface area contributed by atoms with Crippen molar-refractivity contribution in [1.82, 2.24) is 9.55 Å². The first kappa shape index (κ1) is 11.1. The Morgan fingerprint density at radius 1 is 1.56 bits per heavy atom. The molecule has 3 rings (SSSR count). The first-order chi connectivity index (χ1) is 8.40. The lowest BCUT2D eigenvalue weighted by molar-refractivity contribution is -0.142. The molecule has 1 unspecified atom stereocenters. The van der Waals surface area contributed by atoms with Crippen molar-refractivity contribution in [1.29, 1.82) is 0 Å². The van der Waals surface area contributed by atoms with Crippen LogP contribution < -0.4 is 0 Å². The van der Waals surface area contributed by atoms with Gasteiger partial charge in [0, 0.05) is 36.8 Å². The van der Waals surface area contributed by atoms with Gasteiger partial charge >= 0.3 is 5.97 Å². The lowest BCUT2D eigenvalue weighted by Gasteiger charge is -2.09. The molecule has 0 amide bonds. The molecule has 2 aromatic rings. The smallest absolute Gasteiger partial charge is 0.320 e. The van der Waals surface area contributed by atoms with Gasteiger partial charge in [-0.15, -0.1) is 0 Å². The molecule has 1 atom stereocenters. The van der Waals surface area contributed by atoms with Crippen LogP contribution >= 0.6 is 0 Å². The van der Waals surface area contributed by atoms with Gasteiger partial charge in [-0.25, -0.2) is 13.8 Å². The second-order valence-corrected chi connectivity index (χ2v) is 4.62. The van der Waals surface area contributed by atoms with Crippen molar-refractivity contribution in [2.75, 3.05) is 0 Å². The quantitative estimate of drug-likeness (QED) is 0.888. The van der Waals surface area contributed by atoms with E-state index in [1.165, 1.54) is 6.20 Å². The van der Waals surface area contributed by atoms with Crippen molar-refractivity contribution in [3.63, 3.8) is 0 Å². The van der Waals surface area contributed by atoms with E-state index in [1.807, 2.05) is 0 Å². The molecular formula is C12H10F2N2O2. The van der Waals surface area contributed by atoms with Crippen LogP contribution in [0.2, 0.25) is 0 Å². The summed E-state index contributed by atoms with van der Waals surface area (Å²) in [7, 11) is 1.66. The lowest BCUT2D eigenvalue weighted by atomic mass is 9.95. The first-order valence-electron chi connectivity index (χ1n) is 5.42. The molecule has 0 spiro atoms. The maximum atomic E-state index is 13.5. The molecule has 94 valence electrons. The van der Waals surface area contributed by atoms with Gasteiger partial charge in [0.1, 0.15) is 5.65 Å². The number of aromatic nitrogens is 2.